The Bertz CT molecular complexity index is 768. The van der Waals surface area contributed by atoms with Crippen molar-refractivity contribution in [2.45, 2.75) is 6.54 Å². The van der Waals surface area contributed by atoms with Gasteiger partial charge in [-0.1, -0.05) is 24.3 Å². The molecule has 0 aliphatic heterocycles. The van der Waals surface area contributed by atoms with Crippen LogP contribution in [-0.2, 0) is 6.54 Å². The number of carboxylic acids is 1. The number of pyridine rings is 1. The number of nitrogens with one attached hydrogen (secondary N) is 1. The van der Waals surface area contributed by atoms with Crippen LogP contribution < -0.4 is 5.32 Å². The van der Waals surface area contributed by atoms with Crippen molar-refractivity contribution < 1.29 is 9.90 Å². The molecule has 2 N–H and O–H groups in total. The minimum absolute atomic E-state index is 0.211. The molecule has 0 atom stereocenters. The Hall–Kier alpha value is -2.89. The van der Waals surface area contributed by atoms with Crippen LogP contribution in [0.3, 0.4) is 0 Å². The van der Waals surface area contributed by atoms with Gasteiger partial charge >= 0.3 is 5.97 Å². The molecule has 0 radical (unpaired) electrons. The Kier molecular flexibility index (Phi) is 3.51. The lowest BCUT2D eigenvalue weighted by Gasteiger charge is -2.10. The number of benzene rings is 1. The van der Waals surface area contributed by atoms with E-state index in [0.717, 1.165) is 5.39 Å². The standard InChI is InChI=1S/C15H14N4O2/c20-15(21)13-10-17-14(12-5-2-1-4-11(12)13)16-7-9-19-8-3-6-18-19/h1-6,8,10H,7,9H2,(H,16,17)(H,20,21). The SMILES string of the molecule is O=C(O)c1cnc(NCCn2cccn2)c2ccccc12. The topological polar surface area (TPSA) is 80.0 Å². The minimum atomic E-state index is -0.971. The highest BCUT2D eigenvalue weighted by atomic mass is 16.4. The van der Waals surface area contributed by atoms with Crippen LogP contribution >= 0.6 is 0 Å². The van der Waals surface area contributed by atoms with Crippen molar-refractivity contribution in [1.29, 1.82) is 0 Å². The number of carbonyl (C=O) groups is 1. The lowest BCUT2D eigenvalue weighted by Crippen LogP contribution is -2.12. The van der Waals surface area contributed by atoms with E-state index >= 15 is 0 Å². The third-order valence-corrected chi connectivity index (χ3v) is 3.22. The maximum absolute atomic E-state index is 11.2. The Morgan fingerprint density at radius 3 is 2.76 bits per heavy atom. The second-order valence-electron chi connectivity index (χ2n) is 4.57. The molecule has 2 aromatic heterocycles. The van der Waals surface area contributed by atoms with Gasteiger partial charge in [0.2, 0.25) is 0 Å². The van der Waals surface area contributed by atoms with Crippen molar-refractivity contribution in [3.8, 4) is 0 Å². The first-order valence-electron chi connectivity index (χ1n) is 6.58. The summed E-state index contributed by atoms with van der Waals surface area (Å²) >= 11 is 0. The van der Waals surface area contributed by atoms with E-state index in [4.69, 9.17) is 0 Å². The highest BCUT2D eigenvalue weighted by Gasteiger charge is 2.11. The number of anilines is 1. The van der Waals surface area contributed by atoms with Gasteiger partial charge in [0.1, 0.15) is 5.82 Å². The number of rotatable bonds is 5. The summed E-state index contributed by atoms with van der Waals surface area (Å²) < 4.78 is 1.82. The maximum atomic E-state index is 11.2. The summed E-state index contributed by atoms with van der Waals surface area (Å²) in [4.78, 5) is 15.4. The summed E-state index contributed by atoms with van der Waals surface area (Å²) in [6.45, 7) is 1.37. The molecule has 0 aliphatic carbocycles. The molecule has 0 bridgehead atoms. The minimum Gasteiger partial charge on any atom is -0.478 e. The van der Waals surface area contributed by atoms with Crippen LogP contribution in [0.15, 0.2) is 48.9 Å². The number of hydrogen-bond donors (Lipinski definition) is 2. The van der Waals surface area contributed by atoms with Crippen LogP contribution in [0.25, 0.3) is 10.8 Å². The number of hydrogen-bond acceptors (Lipinski definition) is 4. The zero-order valence-electron chi connectivity index (χ0n) is 11.2. The fourth-order valence-electron chi connectivity index (χ4n) is 2.23. The monoisotopic (exact) mass is 282 g/mol. The van der Waals surface area contributed by atoms with Gasteiger partial charge in [0.15, 0.2) is 0 Å². The zero-order valence-corrected chi connectivity index (χ0v) is 11.2. The van der Waals surface area contributed by atoms with Gasteiger partial charge in [0, 0.05) is 35.9 Å². The fraction of sp³-hybridized carbons (Fsp3) is 0.133. The van der Waals surface area contributed by atoms with Gasteiger partial charge in [-0.05, 0) is 6.07 Å². The van der Waals surface area contributed by atoms with E-state index in [-0.39, 0.29) is 5.56 Å². The average Bonchev–Trinajstić information content (AvgIpc) is 3.00. The Labute approximate surface area is 121 Å². The van der Waals surface area contributed by atoms with Crippen molar-refractivity contribution in [1.82, 2.24) is 14.8 Å². The number of carboxylic acid groups (broad SMARTS) is 1. The first-order chi connectivity index (χ1) is 10.3. The molecule has 0 saturated heterocycles. The number of aromatic nitrogens is 3. The molecule has 106 valence electrons. The van der Waals surface area contributed by atoms with Crippen LogP contribution in [0, 0.1) is 0 Å². The van der Waals surface area contributed by atoms with Crippen LogP contribution in [0.1, 0.15) is 10.4 Å². The fourth-order valence-corrected chi connectivity index (χ4v) is 2.23. The van der Waals surface area contributed by atoms with Gasteiger partial charge < -0.3 is 10.4 Å². The smallest absolute Gasteiger partial charge is 0.337 e. The molecule has 6 heteroatoms. The van der Waals surface area contributed by atoms with Gasteiger partial charge in [-0.2, -0.15) is 5.10 Å². The molecule has 2 heterocycles. The lowest BCUT2D eigenvalue weighted by atomic mass is 10.1. The van der Waals surface area contributed by atoms with Gasteiger partial charge in [-0.15, -0.1) is 0 Å². The molecule has 0 saturated carbocycles. The summed E-state index contributed by atoms with van der Waals surface area (Å²) in [5, 5.41) is 18.0. The molecule has 1 aromatic carbocycles. The lowest BCUT2D eigenvalue weighted by molar-refractivity contribution is 0.0698. The maximum Gasteiger partial charge on any atom is 0.337 e. The van der Waals surface area contributed by atoms with Gasteiger partial charge in [-0.3, -0.25) is 4.68 Å². The molecule has 3 aromatic rings. The molecule has 6 nitrogen and oxygen atoms in total. The molecular formula is C15H14N4O2. The van der Waals surface area contributed by atoms with E-state index in [0.29, 0.717) is 24.3 Å². The Morgan fingerprint density at radius 2 is 2.05 bits per heavy atom. The average molecular weight is 282 g/mol. The first-order valence-corrected chi connectivity index (χ1v) is 6.58. The van der Waals surface area contributed by atoms with E-state index in [9.17, 15) is 9.90 Å². The van der Waals surface area contributed by atoms with E-state index in [1.165, 1.54) is 6.20 Å². The van der Waals surface area contributed by atoms with E-state index in [1.54, 1.807) is 12.3 Å². The summed E-state index contributed by atoms with van der Waals surface area (Å²) in [5.74, 6) is -0.287. The highest BCUT2D eigenvalue weighted by Crippen LogP contribution is 2.24. The van der Waals surface area contributed by atoms with Gasteiger partial charge in [0.05, 0.1) is 12.1 Å². The largest absolute Gasteiger partial charge is 0.478 e. The molecule has 0 unspecified atom stereocenters. The molecular weight excluding hydrogens is 268 g/mol. The third kappa shape index (κ3) is 2.69. The number of fused-ring (bicyclic) bond motifs is 1. The van der Waals surface area contributed by atoms with Crippen molar-refractivity contribution in [3.63, 3.8) is 0 Å². The van der Waals surface area contributed by atoms with Crippen LogP contribution in [-0.4, -0.2) is 32.4 Å². The summed E-state index contributed by atoms with van der Waals surface area (Å²) in [7, 11) is 0. The van der Waals surface area contributed by atoms with Crippen LogP contribution in [0.5, 0.6) is 0 Å². The van der Waals surface area contributed by atoms with Crippen molar-refractivity contribution in [3.05, 3.63) is 54.5 Å². The molecule has 0 aliphatic rings. The van der Waals surface area contributed by atoms with Crippen LogP contribution in [0.4, 0.5) is 5.82 Å². The van der Waals surface area contributed by atoms with E-state index in [1.807, 2.05) is 35.1 Å². The van der Waals surface area contributed by atoms with Crippen molar-refractivity contribution in [2.24, 2.45) is 0 Å². The summed E-state index contributed by atoms with van der Waals surface area (Å²) in [5.41, 5.74) is 0.211. The Morgan fingerprint density at radius 1 is 1.24 bits per heavy atom. The zero-order chi connectivity index (χ0) is 14.7. The Balaban J connectivity index is 1.85. The van der Waals surface area contributed by atoms with Crippen molar-refractivity contribution >= 4 is 22.6 Å². The van der Waals surface area contributed by atoms with Crippen molar-refractivity contribution in [2.75, 3.05) is 11.9 Å². The highest BCUT2D eigenvalue weighted by molar-refractivity contribution is 6.06. The second-order valence-corrected chi connectivity index (χ2v) is 4.57. The molecule has 0 amide bonds. The van der Waals surface area contributed by atoms with Crippen LogP contribution in [0.2, 0.25) is 0 Å². The van der Waals surface area contributed by atoms with Gasteiger partial charge in [0.25, 0.3) is 0 Å². The van der Waals surface area contributed by atoms with Gasteiger partial charge in [-0.25, -0.2) is 9.78 Å². The third-order valence-electron chi connectivity index (χ3n) is 3.22. The predicted molar refractivity (Wildman–Crippen MR) is 79.4 cm³/mol. The molecule has 3 rings (SSSR count). The normalized spacial score (nSPS) is 10.7. The second kappa shape index (κ2) is 5.62. The molecule has 0 spiro atoms. The predicted octanol–water partition coefficient (Wildman–Crippen LogP) is 2.24. The number of nitrogens with zero attached hydrogens (tertiary/aromatic N) is 3. The van der Waals surface area contributed by atoms with E-state index in [2.05, 4.69) is 15.4 Å². The summed E-state index contributed by atoms with van der Waals surface area (Å²) in [6.07, 6.45) is 5.01. The molecule has 0 fully saturated rings. The van der Waals surface area contributed by atoms with E-state index < -0.39 is 5.97 Å². The number of aromatic carboxylic acids is 1. The quantitative estimate of drug-likeness (QED) is 0.750. The summed E-state index contributed by atoms with van der Waals surface area (Å²) in [6, 6.07) is 9.22. The molecule has 21 heavy (non-hydrogen) atoms. The first kappa shape index (κ1) is 13.1.